The van der Waals surface area contributed by atoms with Gasteiger partial charge in [-0.1, -0.05) is 32.0 Å². The second-order valence-electron chi connectivity index (χ2n) is 4.98. The molecule has 0 aliphatic rings. The largest absolute Gasteiger partial charge is 0.328 e. The van der Waals surface area contributed by atoms with Crippen LogP contribution in [0.15, 0.2) is 36.9 Å². The van der Waals surface area contributed by atoms with Crippen molar-refractivity contribution >= 4 is 11.6 Å². The van der Waals surface area contributed by atoms with E-state index in [1.807, 2.05) is 19.1 Å². The molecular weight excluding hydrogens is 238 g/mol. The Morgan fingerprint density at radius 1 is 1.42 bits per heavy atom. The van der Waals surface area contributed by atoms with E-state index in [4.69, 9.17) is 0 Å². The third-order valence-electron chi connectivity index (χ3n) is 3.08. The maximum Gasteiger partial charge on any atom is 0.244 e. The molecule has 1 heterocycles. The Bertz CT molecular complexity index is 559. The van der Waals surface area contributed by atoms with Crippen LogP contribution in [0.25, 0.3) is 0 Å². The number of nitrogens with one attached hydrogen (secondary N) is 1. The number of benzene rings is 1. The highest BCUT2D eigenvalue weighted by Crippen LogP contribution is 2.27. The van der Waals surface area contributed by atoms with Crippen LogP contribution in [-0.4, -0.2) is 15.5 Å². The molecule has 100 valence electrons. The Morgan fingerprint density at radius 2 is 2.21 bits per heavy atom. The number of hydrogen-bond acceptors (Lipinski definition) is 2. The van der Waals surface area contributed by atoms with E-state index in [9.17, 15) is 4.79 Å². The predicted molar refractivity (Wildman–Crippen MR) is 76.1 cm³/mol. The molecule has 0 bridgehead atoms. The van der Waals surface area contributed by atoms with Gasteiger partial charge in [-0.25, -0.2) is 4.98 Å². The van der Waals surface area contributed by atoms with Crippen molar-refractivity contribution in [1.29, 1.82) is 0 Å². The molecule has 2 aromatic rings. The average Bonchev–Trinajstić information content (AvgIpc) is 2.84. The zero-order valence-corrected chi connectivity index (χ0v) is 11.6. The first-order valence-corrected chi connectivity index (χ1v) is 6.43. The van der Waals surface area contributed by atoms with Crippen molar-refractivity contribution in [3.63, 3.8) is 0 Å². The minimum absolute atomic E-state index is 0.0331. The summed E-state index contributed by atoms with van der Waals surface area (Å²) < 4.78 is 1.75. The molecule has 0 fully saturated rings. The summed E-state index contributed by atoms with van der Waals surface area (Å²) in [6, 6.07) is 6.10. The number of aryl methyl sites for hydroxylation is 1. The van der Waals surface area contributed by atoms with Crippen LogP contribution in [0.4, 0.5) is 5.69 Å². The van der Waals surface area contributed by atoms with Gasteiger partial charge in [-0.3, -0.25) is 4.79 Å². The minimum atomic E-state index is -0.0331. The SMILES string of the molecule is Cc1cccc(C(C)C)c1NC(=O)Cn1ccnc1. The van der Waals surface area contributed by atoms with Gasteiger partial charge in [-0.05, 0) is 24.0 Å². The second kappa shape index (κ2) is 5.69. The quantitative estimate of drug-likeness (QED) is 0.915. The number of para-hydroxylation sites is 1. The molecule has 0 saturated carbocycles. The van der Waals surface area contributed by atoms with Gasteiger partial charge >= 0.3 is 0 Å². The smallest absolute Gasteiger partial charge is 0.244 e. The van der Waals surface area contributed by atoms with Crippen LogP contribution in [0.1, 0.15) is 30.9 Å². The summed E-state index contributed by atoms with van der Waals surface area (Å²) in [5.41, 5.74) is 3.19. The Labute approximate surface area is 113 Å². The number of anilines is 1. The lowest BCUT2D eigenvalue weighted by Gasteiger charge is -2.16. The third kappa shape index (κ3) is 3.22. The maximum absolute atomic E-state index is 12.0. The summed E-state index contributed by atoms with van der Waals surface area (Å²) in [6.07, 6.45) is 5.09. The van der Waals surface area contributed by atoms with E-state index >= 15 is 0 Å². The van der Waals surface area contributed by atoms with Crippen LogP contribution in [0, 0.1) is 6.92 Å². The van der Waals surface area contributed by atoms with E-state index in [1.165, 1.54) is 5.56 Å². The molecule has 2 rings (SSSR count). The first-order valence-electron chi connectivity index (χ1n) is 6.43. The lowest BCUT2D eigenvalue weighted by Crippen LogP contribution is -2.19. The molecule has 0 atom stereocenters. The lowest BCUT2D eigenvalue weighted by molar-refractivity contribution is -0.116. The van der Waals surface area contributed by atoms with Crippen molar-refractivity contribution in [2.24, 2.45) is 0 Å². The van der Waals surface area contributed by atoms with Crippen molar-refractivity contribution in [3.05, 3.63) is 48.0 Å². The monoisotopic (exact) mass is 257 g/mol. The lowest BCUT2D eigenvalue weighted by atomic mass is 9.98. The number of imidazole rings is 1. The van der Waals surface area contributed by atoms with E-state index in [2.05, 4.69) is 30.2 Å². The zero-order valence-electron chi connectivity index (χ0n) is 11.6. The Morgan fingerprint density at radius 3 is 2.84 bits per heavy atom. The van der Waals surface area contributed by atoms with Crippen LogP contribution >= 0.6 is 0 Å². The molecule has 19 heavy (non-hydrogen) atoms. The molecule has 0 aliphatic heterocycles. The molecule has 0 unspecified atom stereocenters. The molecular formula is C15H19N3O. The van der Waals surface area contributed by atoms with Gasteiger partial charge in [-0.15, -0.1) is 0 Å². The number of hydrogen-bond donors (Lipinski definition) is 1. The molecule has 1 aromatic heterocycles. The number of carbonyl (C=O) groups is 1. The van der Waals surface area contributed by atoms with E-state index in [-0.39, 0.29) is 12.5 Å². The van der Waals surface area contributed by atoms with E-state index in [0.717, 1.165) is 11.3 Å². The molecule has 1 N–H and O–H groups in total. The van der Waals surface area contributed by atoms with Crippen molar-refractivity contribution in [2.75, 3.05) is 5.32 Å². The normalized spacial score (nSPS) is 10.7. The summed E-state index contributed by atoms with van der Waals surface area (Å²) >= 11 is 0. The van der Waals surface area contributed by atoms with Gasteiger partial charge < -0.3 is 9.88 Å². The Hall–Kier alpha value is -2.10. The van der Waals surface area contributed by atoms with Gasteiger partial charge in [0.05, 0.1) is 6.33 Å². The summed E-state index contributed by atoms with van der Waals surface area (Å²) in [6.45, 7) is 6.55. The second-order valence-corrected chi connectivity index (χ2v) is 4.98. The highest BCUT2D eigenvalue weighted by Gasteiger charge is 2.12. The van der Waals surface area contributed by atoms with Crippen molar-refractivity contribution < 1.29 is 4.79 Å². The van der Waals surface area contributed by atoms with Crippen molar-refractivity contribution in [2.45, 2.75) is 33.2 Å². The maximum atomic E-state index is 12.0. The van der Waals surface area contributed by atoms with Gasteiger partial charge in [0.15, 0.2) is 0 Å². The number of amides is 1. The first kappa shape index (κ1) is 13.3. The van der Waals surface area contributed by atoms with Crippen LogP contribution < -0.4 is 5.32 Å². The van der Waals surface area contributed by atoms with E-state index in [0.29, 0.717) is 5.92 Å². The number of aromatic nitrogens is 2. The molecule has 0 aliphatic carbocycles. The number of rotatable bonds is 4. The molecule has 4 heteroatoms. The summed E-state index contributed by atoms with van der Waals surface area (Å²) in [5, 5.41) is 3.01. The Kier molecular flexibility index (Phi) is 4.00. The van der Waals surface area contributed by atoms with Gasteiger partial charge in [0.2, 0.25) is 5.91 Å². The van der Waals surface area contributed by atoms with Crippen LogP contribution in [-0.2, 0) is 11.3 Å². The molecule has 0 saturated heterocycles. The van der Waals surface area contributed by atoms with E-state index < -0.39 is 0 Å². The highest BCUT2D eigenvalue weighted by molar-refractivity contribution is 5.92. The topological polar surface area (TPSA) is 46.9 Å². The van der Waals surface area contributed by atoms with Gasteiger partial charge in [0.1, 0.15) is 6.54 Å². The zero-order chi connectivity index (χ0) is 13.8. The molecule has 0 spiro atoms. The molecule has 1 amide bonds. The highest BCUT2D eigenvalue weighted by atomic mass is 16.1. The van der Waals surface area contributed by atoms with E-state index in [1.54, 1.807) is 23.3 Å². The first-order chi connectivity index (χ1) is 9.08. The standard InChI is InChI=1S/C15H19N3O/c1-11(2)13-6-4-5-12(3)15(13)17-14(19)9-18-8-7-16-10-18/h4-8,10-11H,9H2,1-3H3,(H,17,19). The predicted octanol–water partition coefficient (Wildman–Crippen LogP) is 2.95. The third-order valence-corrected chi connectivity index (χ3v) is 3.08. The summed E-state index contributed by atoms with van der Waals surface area (Å²) in [5.74, 6) is 0.345. The fourth-order valence-corrected chi connectivity index (χ4v) is 2.07. The van der Waals surface area contributed by atoms with Gasteiger partial charge in [0, 0.05) is 18.1 Å². The number of carbonyl (C=O) groups excluding carboxylic acids is 1. The minimum Gasteiger partial charge on any atom is -0.328 e. The molecule has 0 radical (unpaired) electrons. The van der Waals surface area contributed by atoms with Crippen LogP contribution in [0.5, 0.6) is 0 Å². The van der Waals surface area contributed by atoms with Crippen molar-refractivity contribution in [1.82, 2.24) is 9.55 Å². The average molecular weight is 257 g/mol. The summed E-state index contributed by atoms with van der Waals surface area (Å²) in [4.78, 5) is 16.0. The van der Waals surface area contributed by atoms with Crippen molar-refractivity contribution in [3.8, 4) is 0 Å². The van der Waals surface area contributed by atoms with Gasteiger partial charge in [-0.2, -0.15) is 0 Å². The summed E-state index contributed by atoms with van der Waals surface area (Å²) in [7, 11) is 0. The fourth-order valence-electron chi connectivity index (χ4n) is 2.07. The van der Waals surface area contributed by atoms with Crippen LogP contribution in [0.2, 0.25) is 0 Å². The Balaban J connectivity index is 2.16. The number of nitrogens with zero attached hydrogens (tertiary/aromatic N) is 2. The fraction of sp³-hybridized carbons (Fsp3) is 0.333. The molecule has 4 nitrogen and oxygen atoms in total. The van der Waals surface area contributed by atoms with Gasteiger partial charge in [0.25, 0.3) is 0 Å². The van der Waals surface area contributed by atoms with Crippen LogP contribution in [0.3, 0.4) is 0 Å². The molecule has 1 aromatic carbocycles.